The number of nitrogens with one attached hydrogen (secondary N) is 3. The number of aromatic nitrogens is 3. The summed E-state index contributed by atoms with van der Waals surface area (Å²) in [7, 11) is 0. The fourth-order valence-corrected chi connectivity index (χ4v) is 2.26. The van der Waals surface area contributed by atoms with Gasteiger partial charge in [0.05, 0.1) is 0 Å². The van der Waals surface area contributed by atoms with Gasteiger partial charge in [0.1, 0.15) is 5.69 Å². The van der Waals surface area contributed by atoms with Gasteiger partial charge in [0, 0.05) is 34.4 Å². The number of nitrogens with two attached hydrogens (primary N) is 1. The van der Waals surface area contributed by atoms with Gasteiger partial charge >= 0.3 is 6.18 Å². The average molecular weight is 348 g/mol. The number of halogens is 3. The zero-order valence-electron chi connectivity index (χ0n) is 12.5. The summed E-state index contributed by atoms with van der Waals surface area (Å²) in [6, 6.07) is 4.86. The van der Waals surface area contributed by atoms with Gasteiger partial charge in [-0.2, -0.15) is 13.2 Å². The minimum atomic E-state index is -4.58. The van der Waals surface area contributed by atoms with Crippen molar-refractivity contribution >= 4 is 22.8 Å². The number of ether oxygens (including phenoxy) is 1. The smallest absolute Gasteiger partial charge is 0.407 e. The molecule has 0 unspecified atom stereocenters. The van der Waals surface area contributed by atoms with Crippen LogP contribution in [0.2, 0.25) is 0 Å². The zero-order valence-corrected chi connectivity index (χ0v) is 12.5. The summed E-state index contributed by atoms with van der Waals surface area (Å²) in [5, 5.41) is 15.3. The third-order valence-electron chi connectivity index (χ3n) is 3.34. The molecule has 3 aromatic rings. The number of aromatic amines is 1. The maximum atomic E-state index is 12.8. The second kappa shape index (κ2) is 5.89. The summed E-state index contributed by atoms with van der Waals surface area (Å²) in [4.78, 5) is 10.4. The van der Waals surface area contributed by atoms with Crippen molar-refractivity contribution < 1.29 is 17.9 Å². The second-order valence-corrected chi connectivity index (χ2v) is 5.02. The Bertz CT molecular complexity index is 979. The lowest BCUT2D eigenvalue weighted by Crippen LogP contribution is -2.19. The first-order valence-corrected chi connectivity index (χ1v) is 6.88. The molecule has 128 valence electrons. The summed E-state index contributed by atoms with van der Waals surface area (Å²) in [5.74, 6) is -0.455. The highest BCUT2D eigenvalue weighted by Crippen LogP contribution is 2.31. The molecule has 2 heterocycles. The lowest BCUT2D eigenvalue weighted by Gasteiger charge is -2.07. The normalized spacial score (nSPS) is 11.5. The first-order valence-electron chi connectivity index (χ1n) is 6.88. The van der Waals surface area contributed by atoms with Gasteiger partial charge in [-0.3, -0.25) is 10.8 Å². The Kier molecular flexibility index (Phi) is 3.87. The van der Waals surface area contributed by atoms with Crippen molar-refractivity contribution in [2.45, 2.75) is 6.18 Å². The average Bonchev–Trinajstić information content (AvgIpc) is 2.96. The Hall–Kier alpha value is -3.43. The molecule has 2 aromatic heterocycles. The van der Waals surface area contributed by atoms with E-state index in [1.165, 1.54) is 12.3 Å². The number of nitrogens with zero attached hydrogens (tertiary/aromatic N) is 2. The molecule has 1 aromatic carbocycles. The van der Waals surface area contributed by atoms with E-state index in [1.54, 1.807) is 12.1 Å². The lowest BCUT2D eigenvalue weighted by atomic mass is 10.1. The molecule has 10 heteroatoms. The fraction of sp³-hybridized carbons (Fsp3) is 0.0667. The third kappa shape index (κ3) is 3.27. The van der Waals surface area contributed by atoms with E-state index in [4.69, 9.17) is 21.3 Å². The van der Waals surface area contributed by atoms with E-state index < -0.39 is 17.9 Å². The van der Waals surface area contributed by atoms with Crippen molar-refractivity contribution in [3.63, 3.8) is 0 Å². The predicted octanol–water partition coefficient (Wildman–Crippen LogP) is 2.88. The lowest BCUT2D eigenvalue weighted by molar-refractivity contribution is -0.141. The van der Waals surface area contributed by atoms with E-state index in [1.807, 2.05) is 0 Å². The maximum Gasteiger partial charge on any atom is 0.433 e. The standard InChI is InChI=1S/C15H11F3N6O/c16-15(17,18)11-3-4-22-13(24-11)9-6-23-10-2-1-7(5-8(9)10)12(19)25-14(20)21/h1-6,19,23H,(H3,20,21). The number of H-pyrrole nitrogens is 1. The van der Waals surface area contributed by atoms with Crippen molar-refractivity contribution in [3.8, 4) is 11.4 Å². The van der Waals surface area contributed by atoms with Gasteiger partial charge in [0.15, 0.2) is 5.82 Å². The molecule has 0 saturated carbocycles. The van der Waals surface area contributed by atoms with Gasteiger partial charge in [0.25, 0.3) is 6.02 Å². The first kappa shape index (κ1) is 16.4. The molecule has 0 radical (unpaired) electrons. The molecule has 0 aliphatic rings. The number of benzene rings is 1. The van der Waals surface area contributed by atoms with Gasteiger partial charge in [-0.25, -0.2) is 9.97 Å². The molecule has 0 amide bonds. The van der Waals surface area contributed by atoms with Crippen LogP contribution < -0.4 is 5.73 Å². The van der Waals surface area contributed by atoms with Crippen LogP contribution in [0, 0.1) is 10.8 Å². The Balaban J connectivity index is 2.08. The van der Waals surface area contributed by atoms with Crippen LogP contribution in [-0.4, -0.2) is 26.9 Å². The van der Waals surface area contributed by atoms with E-state index in [2.05, 4.69) is 15.0 Å². The summed E-state index contributed by atoms with van der Waals surface area (Å²) < 4.78 is 43.2. The van der Waals surface area contributed by atoms with E-state index in [-0.39, 0.29) is 11.7 Å². The van der Waals surface area contributed by atoms with Gasteiger partial charge in [-0.05, 0) is 24.3 Å². The van der Waals surface area contributed by atoms with Crippen molar-refractivity contribution in [2.75, 3.05) is 0 Å². The highest BCUT2D eigenvalue weighted by Gasteiger charge is 2.33. The van der Waals surface area contributed by atoms with Crippen LogP contribution in [0.1, 0.15) is 11.3 Å². The number of amidine groups is 1. The van der Waals surface area contributed by atoms with Crippen molar-refractivity contribution in [2.24, 2.45) is 5.73 Å². The zero-order chi connectivity index (χ0) is 18.2. The van der Waals surface area contributed by atoms with Crippen LogP contribution in [0.3, 0.4) is 0 Å². The Labute approximate surface area is 138 Å². The van der Waals surface area contributed by atoms with Crippen LogP contribution in [0.5, 0.6) is 0 Å². The molecular weight excluding hydrogens is 337 g/mol. The molecule has 0 aliphatic carbocycles. The Morgan fingerprint density at radius 3 is 2.64 bits per heavy atom. The first-order chi connectivity index (χ1) is 11.8. The Morgan fingerprint density at radius 2 is 1.96 bits per heavy atom. The molecule has 0 bridgehead atoms. The van der Waals surface area contributed by atoms with Crippen LogP contribution in [0.4, 0.5) is 13.2 Å². The van der Waals surface area contributed by atoms with Crippen molar-refractivity contribution in [1.82, 2.24) is 15.0 Å². The van der Waals surface area contributed by atoms with Crippen LogP contribution in [0.15, 0.2) is 36.7 Å². The summed E-state index contributed by atoms with van der Waals surface area (Å²) in [6.07, 6.45) is -2.06. The summed E-state index contributed by atoms with van der Waals surface area (Å²) >= 11 is 0. The van der Waals surface area contributed by atoms with Crippen molar-refractivity contribution in [1.29, 1.82) is 10.8 Å². The van der Waals surface area contributed by atoms with E-state index in [9.17, 15) is 13.2 Å². The molecule has 0 atom stereocenters. The quantitative estimate of drug-likeness (QED) is 0.420. The molecule has 0 saturated heterocycles. The second-order valence-electron chi connectivity index (χ2n) is 5.02. The molecule has 7 nitrogen and oxygen atoms in total. The molecule has 0 spiro atoms. The minimum absolute atomic E-state index is 0.0998. The van der Waals surface area contributed by atoms with Crippen LogP contribution in [-0.2, 0) is 10.9 Å². The van der Waals surface area contributed by atoms with E-state index in [0.29, 0.717) is 22.0 Å². The topological polar surface area (TPSA) is 125 Å². The highest BCUT2D eigenvalue weighted by molar-refractivity contribution is 6.03. The monoisotopic (exact) mass is 348 g/mol. The van der Waals surface area contributed by atoms with Gasteiger partial charge in [-0.1, -0.05) is 0 Å². The van der Waals surface area contributed by atoms with E-state index in [0.717, 1.165) is 12.3 Å². The van der Waals surface area contributed by atoms with Crippen LogP contribution in [0.25, 0.3) is 22.3 Å². The fourth-order valence-electron chi connectivity index (χ4n) is 2.26. The number of hydrogen-bond acceptors (Lipinski definition) is 5. The molecule has 25 heavy (non-hydrogen) atoms. The van der Waals surface area contributed by atoms with Gasteiger partial charge in [-0.15, -0.1) is 0 Å². The molecule has 0 fully saturated rings. The predicted molar refractivity (Wildman–Crippen MR) is 84.2 cm³/mol. The van der Waals surface area contributed by atoms with E-state index >= 15 is 0 Å². The van der Waals surface area contributed by atoms with Gasteiger partial charge < -0.3 is 15.5 Å². The van der Waals surface area contributed by atoms with Crippen molar-refractivity contribution in [3.05, 3.63) is 47.9 Å². The molecule has 3 rings (SSSR count). The number of fused-ring (bicyclic) bond motifs is 1. The number of rotatable bonds is 2. The van der Waals surface area contributed by atoms with Crippen LogP contribution >= 0.6 is 0 Å². The van der Waals surface area contributed by atoms with Gasteiger partial charge in [0.2, 0.25) is 5.90 Å². The summed E-state index contributed by atoms with van der Waals surface area (Å²) in [6.45, 7) is 0. The number of alkyl halides is 3. The number of hydrogen-bond donors (Lipinski definition) is 4. The highest BCUT2D eigenvalue weighted by atomic mass is 19.4. The Morgan fingerprint density at radius 1 is 1.20 bits per heavy atom. The maximum absolute atomic E-state index is 12.8. The summed E-state index contributed by atoms with van der Waals surface area (Å²) in [5.41, 5.74) is 5.31. The molecule has 5 N–H and O–H groups in total. The molecule has 0 aliphatic heterocycles. The largest absolute Gasteiger partial charge is 0.433 e. The SMILES string of the molecule is N=C(N)OC(=N)c1ccc2[nH]cc(-c3nccc(C(F)(F)F)n3)c2c1. The molecular formula is C15H11F3N6O. The third-order valence-corrected chi connectivity index (χ3v) is 3.34. The minimum Gasteiger partial charge on any atom is -0.407 e.